The molecule has 0 aliphatic heterocycles. The first kappa shape index (κ1) is 39.7. The molecular weight excluding hydrogens is 591 g/mol. The fourth-order valence-electron chi connectivity index (χ4n) is 4.20. The van der Waals surface area contributed by atoms with Crippen molar-refractivity contribution in [2.45, 2.75) is 105 Å². The Bertz CT molecular complexity index is 659. The maximum atomic E-state index is 12.4. The van der Waals surface area contributed by atoms with Crippen LogP contribution in [0.2, 0.25) is 12.1 Å². The van der Waals surface area contributed by atoms with E-state index in [1.165, 1.54) is 11.8 Å². The third-order valence-corrected chi connectivity index (χ3v) is 13.0. The summed E-state index contributed by atoms with van der Waals surface area (Å²) in [7, 11) is -5.37. The van der Waals surface area contributed by atoms with E-state index in [4.69, 9.17) is 48.2 Å². The number of nitrogens with one attached hydrogen (secondary N) is 1. The molecule has 1 N–H and O–H groups in total. The fraction of sp³-hybridized carbons (Fsp3) is 0.923. The summed E-state index contributed by atoms with van der Waals surface area (Å²) in [5.74, 6) is 0.774. The smallest absolute Gasteiger partial charge is 0.475 e. The highest BCUT2D eigenvalue weighted by Crippen LogP contribution is 2.23. The minimum Gasteiger partial charge on any atom is -0.475 e. The van der Waals surface area contributed by atoms with Crippen LogP contribution in [-0.2, 0) is 36.0 Å². The largest absolute Gasteiger partial charge is 0.500 e. The highest BCUT2D eigenvalue weighted by Gasteiger charge is 2.40. The molecule has 0 aliphatic carbocycles. The number of thiocarbonyl (C=S) groups is 1. The molecule has 0 radical (unpaired) electrons. The summed E-state index contributed by atoms with van der Waals surface area (Å²) < 4.78 is 47.3. The predicted octanol–water partition coefficient (Wildman–Crippen LogP) is 6.18. The van der Waals surface area contributed by atoms with E-state index in [-0.39, 0.29) is 6.10 Å². The highest BCUT2D eigenvalue weighted by molar-refractivity contribution is 8.22. The van der Waals surface area contributed by atoms with Gasteiger partial charge in [0.25, 0.3) is 0 Å². The Balaban J connectivity index is 4.50. The summed E-state index contributed by atoms with van der Waals surface area (Å²) >= 11 is 6.92. The molecule has 0 spiro atoms. The maximum Gasteiger partial charge on any atom is 0.500 e. The van der Waals surface area contributed by atoms with Crippen LogP contribution in [0.5, 0.6) is 0 Å². The number of hydrogen-bond donors (Lipinski definition) is 1. The fourth-order valence-corrected chi connectivity index (χ4v) is 10.8. The normalized spacial score (nSPS) is 13.2. The van der Waals surface area contributed by atoms with Crippen LogP contribution in [0.25, 0.3) is 0 Å². The van der Waals surface area contributed by atoms with Gasteiger partial charge in [-0.1, -0.05) is 11.8 Å². The molecule has 238 valence electrons. The van der Waals surface area contributed by atoms with Crippen molar-refractivity contribution in [1.82, 2.24) is 5.32 Å². The van der Waals surface area contributed by atoms with Crippen LogP contribution in [0.15, 0.2) is 0 Å². The highest BCUT2D eigenvalue weighted by atomic mass is 32.2. The van der Waals surface area contributed by atoms with Crippen molar-refractivity contribution < 1.29 is 40.8 Å². The Labute approximate surface area is 254 Å². The van der Waals surface area contributed by atoms with Crippen LogP contribution in [0, 0.1) is 0 Å². The first-order chi connectivity index (χ1) is 19.0. The number of alkyl carbamates (subject to hydrolysis) is 1. The van der Waals surface area contributed by atoms with Gasteiger partial charge in [-0.2, -0.15) is 0 Å². The van der Waals surface area contributed by atoms with Crippen LogP contribution in [0.3, 0.4) is 0 Å². The van der Waals surface area contributed by atoms with E-state index in [1.807, 2.05) is 62.3 Å². The average molecular weight is 646 g/mol. The lowest BCUT2D eigenvalue weighted by Crippen LogP contribution is -2.46. The van der Waals surface area contributed by atoms with Crippen LogP contribution < -0.4 is 5.32 Å². The second-order valence-electron chi connectivity index (χ2n) is 9.48. The molecule has 0 saturated heterocycles. The Hall–Kier alpha value is -0.296. The van der Waals surface area contributed by atoms with Gasteiger partial charge in [-0.15, -0.1) is 0 Å². The van der Waals surface area contributed by atoms with Gasteiger partial charge in [0.1, 0.15) is 11.7 Å². The molecule has 40 heavy (non-hydrogen) atoms. The van der Waals surface area contributed by atoms with E-state index in [0.29, 0.717) is 69.5 Å². The molecule has 14 heteroatoms. The van der Waals surface area contributed by atoms with Crippen molar-refractivity contribution in [2.24, 2.45) is 0 Å². The zero-order chi connectivity index (χ0) is 30.5. The quantitative estimate of drug-likeness (QED) is 0.0739. The zero-order valence-electron chi connectivity index (χ0n) is 26.3. The number of thioether (sulfide) groups is 1. The number of carbonyl (C=O) groups is 1. The van der Waals surface area contributed by atoms with E-state index >= 15 is 0 Å². The number of rotatable bonds is 24. The lowest BCUT2D eigenvalue weighted by molar-refractivity contribution is 0.00734. The van der Waals surface area contributed by atoms with Gasteiger partial charge >= 0.3 is 23.7 Å². The summed E-state index contributed by atoms with van der Waals surface area (Å²) in [5.41, 5.74) is -0.734. The molecule has 0 aliphatic rings. The summed E-state index contributed by atoms with van der Waals surface area (Å²) in [6.45, 7) is 21.0. The minimum absolute atomic E-state index is 0.221. The summed E-state index contributed by atoms with van der Waals surface area (Å²) in [6.07, 6.45) is 1.30. The number of amides is 1. The van der Waals surface area contributed by atoms with E-state index in [9.17, 15) is 4.79 Å². The molecule has 0 aromatic rings. The van der Waals surface area contributed by atoms with E-state index in [2.05, 4.69) is 5.32 Å². The van der Waals surface area contributed by atoms with Crippen LogP contribution in [0.1, 0.15) is 81.6 Å². The third-order valence-electron chi connectivity index (χ3n) is 5.41. The Morgan fingerprint density at radius 1 is 0.800 bits per heavy atom. The van der Waals surface area contributed by atoms with Gasteiger partial charge < -0.3 is 41.3 Å². The third kappa shape index (κ3) is 17.6. The molecule has 1 unspecified atom stereocenters. The summed E-state index contributed by atoms with van der Waals surface area (Å²) in [4.78, 5) is 12.4. The molecule has 0 saturated carbocycles. The maximum absolute atomic E-state index is 12.4. The van der Waals surface area contributed by atoms with Crippen molar-refractivity contribution in [1.29, 1.82) is 0 Å². The molecule has 0 heterocycles. The number of carbonyl (C=O) groups excluding carboxylic acids is 1. The van der Waals surface area contributed by atoms with Gasteiger partial charge in [-0.05, 0) is 87.4 Å². The van der Waals surface area contributed by atoms with Crippen molar-refractivity contribution >= 4 is 52.1 Å². The summed E-state index contributed by atoms with van der Waals surface area (Å²) in [5, 5.41) is 2.82. The minimum atomic E-state index is -2.73. The van der Waals surface area contributed by atoms with E-state index in [0.717, 1.165) is 18.2 Å². The predicted molar refractivity (Wildman–Crippen MR) is 169 cm³/mol. The van der Waals surface area contributed by atoms with Gasteiger partial charge in [0, 0.05) is 70.4 Å². The second-order valence-corrected chi connectivity index (χ2v) is 16.6. The van der Waals surface area contributed by atoms with Gasteiger partial charge in [0.15, 0.2) is 0 Å². The Morgan fingerprint density at radius 2 is 1.23 bits per heavy atom. The molecule has 1 atom stereocenters. The summed E-state index contributed by atoms with van der Waals surface area (Å²) in [6, 6.07) is 1.36. The molecule has 1 amide bonds. The van der Waals surface area contributed by atoms with Gasteiger partial charge in [-0.25, -0.2) is 4.79 Å². The molecular formula is C26H55NO9S2Si2. The monoisotopic (exact) mass is 645 g/mol. The lowest BCUT2D eigenvalue weighted by atomic mass is 10.0. The van der Waals surface area contributed by atoms with Crippen LogP contribution in [-0.4, -0.2) is 91.7 Å². The van der Waals surface area contributed by atoms with Crippen molar-refractivity contribution in [3.05, 3.63) is 0 Å². The molecule has 0 aromatic heterocycles. The van der Waals surface area contributed by atoms with Crippen LogP contribution >= 0.6 is 24.0 Å². The molecule has 0 bridgehead atoms. The molecule has 0 rings (SSSR count). The lowest BCUT2D eigenvalue weighted by Gasteiger charge is -2.29. The van der Waals surface area contributed by atoms with Gasteiger partial charge in [0.05, 0.1) is 0 Å². The van der Waals surface area contributed by atoms with E-state index < -0.39 is 29.3 Å². The van der Waals surface area contributed by atoms with Crippen molar-refractivity contribution in [3.63, 3.8) is 0 Å². The number of hydrogen-bond acceptors (Lipinski definition) is 11. The zero-order valence-corrected chi connectivity index (χ0v) is 29.9. The van der Waals surface area contributed by atoms with E-state index in [1.54, 1.807) is 0 Å². The molecule has 10 nitrogen and oxygen atoms in total. The number of ether oxygens (including phenoxy) is 2. The second kappa shape index (κ2) is 22.3. The SMILES string of the molecule is CCO[Si](CCCNC(=O)OC(C)(C)CC(C)OC(=S)SCCC[Si](OCC)(OCC)OCC)(OCC)OCC. The van der Waals surface area contributed by atoms with Gasteiger partial charge in [0.2, 0.25) is 4.38 Å². The van der Waals surface area contributed by atoms with Gasteiger partial charge in [-0.3, -0.25) is 0 Å². The standard InChI is InChI=1S/C26H55NO9S2Si2/c1-10-29-39(30-11-2,31-12-3)20-16-18-27-24(28)36-26(8,9)22-23(7)35-25(37)38-19-17-21-40(32-13-4,33-14-5)34-15-6/h23H,10-22H2,1-9H3,(H,27,28). The molecule has 0 aromatic carbocycles. The first-order valence-electron chi connectivity index (χ1n) is 14.6. The van der Waals surface area contributed by atoms with Crippen LogP contribution in [0.4, 0.5) is 4.79 Å². The Kier molecular flexibility index (Phi) is 22.1. The average Bonchev–Trinajstić information content (AvgIpc) is 2.85. The Morgan fingerprint density at radius 3 is 1.65 bits per heavy atom. The first-order valence-corrected chi connectivity index (χ1v) is 19.9. The van der Waals surface area contributed by atoms with Crippen molar-refractivity contribution in [3.8, 4) is 0 Å². The molecule has 0 fully saturated rings. The topological polar surface area (TPSA) is 103 Å². The van der Waals surface area contributed by atoms with Crippen molar-refractivity contribution in [2.75, 3.05) is 51.9 Å².